The van der Waals surface area contributed by atoms with Gasteiger partial charge in [0, 0.05) is 0 Å². The van der Waals surface area contributed by atoms with Crippen molar-refractivity contribution < 1.29 is 28.4 Å². The topological polar surface area (TPSA) is 68.3 Å². The minimum Gasteiger partial charge on any atom is -0.377 e. The summed E-state index contributed by atoms with van der Waals surface area (Å²) in [7, 11) is 0. The van der Waals surface area contributed by atoms with Crippen LogP contribution in [0.1, 0.15) is 22.5 Å². The van der Waals surface area contributed by atoms with Gasteiger partial charge in [0.15, 0.2) is 0 Å². The minimum absolute atomic E-state index is 0.451. The molecule has 1 aromatic carbocycles. The average molecular weight is 418 g/mol. The zero-order chi connectivity index (χ0) is 20.7. The first kappa shape index (κ1) is 22.8. The smallest absolute Gasteiger partial charge is 0.0889 e. The van der Waals surface area contributed by atoms with Gasteiger partial charge in [0.25, 0.3) is 0 Å². The van der Waals surface area contributed by atoms with E-state index in [1.807, 2.05) is 18.2 Å². The van der Waals surface area contributed by atoms with Crippen molar-refractivity contribution in [2.45, 2.75) is 26.4 Å². The molecule has 30 heavy (non-hydrogen) atoms. The van der Waals surface area contributed by atoms with Crippen LogP contribution in [0.15, 0.2) is 42.5 Å². The van der Waals surface area contributed by atoms with Crippen LogP contribution in [-0.2, 0) is 54.8 Å². The SMILES string of the molecule is c1cc2nc(c1)COCCOCCOCc1ccc(cc1)COCCOCCOC2. The second kappa shape index (κ2) is 14.2. The Balaban J connectivity index is 1.43. The van der Waals surface area contributed by atoms with Crippen LogP contribution in [0.3, 0.4) is 0 Å². The molecule has 0 fully saturated rings. The number of nitrogens with zero attached hydrogens (tertiary/aromatic N) is 1. The molecule has 3 heterocycles. The molecular formula is C23H31NO6. The van der Waals surface area contributed by atoms with Gasteiger partial charge in [-0.25, -0.2) is 0 Å². The number of fused-ring (bicyclic) bond motifs is 18. The van der Waals surface area contributed by atoms with Crippen LogP contribution in [0.25, 0.3) is 0 Å². The molecule has 164 valence electrons. The van der Waals surface area contributed by atoms with Crippen molar-refractivity contribution in [3.05, 3.63) is 65.0 Å². The second-order valence-electron chi connectivity index (χ2n) is 6.87. The first-order chi connectivity index (χ1) is 14.9. The molecule has 4 rings (SSSR count). The van der Waals surface area contributed by atoms with E-state index in [9.17, 15) is 0 Å². The van der Waals surface area contributed by atoms with Gasteiger partial charge in [-0.05, 0) is 23.3 Å². The lowest BCUT2D eigenvalue weighted by atomic mass is 10.1. The first-order valence-corrected chi connectivity index (χ1v) is 10.4. The molecule has 7 nitrogen and oxygen atoms in total. The highest BCUT2D eigenvalue weighted by molar-refractivity contribution is 5.21. The summed E-state index contributed by atoms with van der Waals surface area (Å²) in [5, 5.41) is 0. The molecule has 2 aromatic rings. The Morgan fingerprint density at radius 1 is 0.433 bits per heavy atom. The Labute approximate surface area is 178 Å². The Morgan fingerprint density at radius 3 is 1.23 bits per heavy atom. The lowest BCUT2D eigenvalue weighted by Crippen LogP contribution is -2.10. The van der Waals surface area contributed by atoms with Crippen molar-refractivity contribution in [2.24, 2.45) is 0 Å². The van der Waals surface area contributed by atoms with Crippen LogP contribution >= 0.6 is 0 Å². The zero-order valence-corrected chi connectivity index (χ0v) is 17.4. The first-order valence-electron chi connectivity index (χ1n) is 10.4. The van der Waals surface area contributed by atoms with E-state index in [2.05, 4.69) is 29.2 Å². The van der Waals surface area contributed by atoms with E-state index in [0.717, 1.165) is 22.5 Å². The standard InChI is InChI=1S/C23H31NO6/c1-2-22-18-29-14-10-25-8-12-27-16-20-4-6-21(7-5-20)17-28-13-9-26-11-15-30-19-23(3-1)24-22/h1-7H,8-19H2. The fourth-order valence-corrected chi connectivity index (χ4v) is 2.83. The molecule has 0 radical (unpaired) electrons. The number of rotatable bonds is 0. The molecule has 7 heteroatoms. The summed E-state index contributed by atoms with van der Waals surface area (Å²) in [6.45, 7) is 6.32. The van der Waals surface area contributed by atoms with E-state index in [0.29, 0.717) is 79.3 Å². The molecule has 0 amide bonds. The summed E-state index contributed by atoms with van der Waals surface area (Å²) in [4.78, 5) is 4.55. The van der Waals surface area contributed by atoms with Gasteiger partial charge in [-0.2, -0.15) is 0 Å². The van der Waals surface area contributed by atoms with Crippen LogP contribution in [0.4, 0.5) is 0 Å². The molecule has 2 aliphatic rings. The van der Waals surface area contributed by atoms with Crippen LogP contribution < -0.4 is 0 Å². The van der Waals surface area contributed by atoms with Crippen LogP contribution in [0.5, 0.6) is 0 Å². The van der Waals surface area contributed by atoms with Crippen LogP contribution in [-0.4, -0.2) is 57.8 Å². The molecule has 2 aliphatic heterocycles. The van der Waals surface area contributed by atoms with Gasteiger partial charge in [-0.15, -0.1) is 0 Å². The maximum atomic E-state index is 5.66. The summed E-state index contributed by atoms with van der Waals surface area (Å²) in [5.74, 6) is 0. The van der Waals surface area contributed by atoms with Gasteiger partial charge in [0.05, 0.1) is 90.7 Å². The summed E-state index contributed by atoms with van der Waals surface area (Å²) in [6, 6.07) is 14.1. The number of ether oxygens (including phenoxy) is 6. The molecule has 0 saturated carbocycles. The largest absolute Gasteiger partial charge is 0.377 e. The Hall–Kier alpha value is -1.87. The van der Waals surface area contributed by atoms with E-state index in [1.54, 1.807) is 0 Å². The number of hydrogen-bond acceptors (Lipinski definition) is 7. The molecule has 1 aromatic heterocycles. The predicted octanol–water partition coefficient (Wildman–Crippen LogP) is 2.90. The molecule has 0 spiro atoms. The van der Waals surface area contributed by atoms with Gasteiger partial charge in [0.1, 0.15) is 0 Å². The Morgan fingerprint density at radius 2 is 0.800 bits per heavy atom. The third kappa shape index (κ3) is 9.30. The highest BCUT2D eigenvalue weighted by Gasteiger charge is 2.01. The van der Waals surface area contributed by atoms with Crippen molar-refractivity contribution >= 4 is 0 Å². The quantitative estimate of drug-likeness (QED) is 0.611. The van der Waals surface area contributed by atoms with Crippen molar-refractivity contribution in [1.29, 1.82) is 0 Å². The molecule has 4 bridgehead atoms. The van der Waals surface area contributed by atoms with Gasteiger partial charge in [-0.3, -0.25) is 4.98 Å². The van der Waals surface area contributed by atoms with Gasteiger partial charge >= 0.3 is 0 Å². The summed E-state index contributed by atoms with van der Waals surface area (Å²) < 4.78 is 33.7. The minimum atomic E-state index is 0.451. The highest BCUT2D eigenvalue weighted by atomic mass is 16.5. The lowest BCUT2D eigenvalue weighted by molar-refractivity contribution is 0.00550. The third-order valence-corrected chi connectivity index (χ3v) is 4.41. The van der Waals surface area contributed by atoms with Crippen LogP contribution in [0.2, 0.25) is 0 Å². The number of benzene rings is 1. The van der Waals surface area contributed by atoms with Gasteiger partial charge < -0.3 is 28.4 Å². The van der Waals surface area contributed by atoms with Crippen molar-refractivity contribution in [3.8, 4) is 0 Å². The maximum Gasteiger partial charge on any atom is 0.0889 e. The zero-order valence-electron chi connectivity index (χ0n) is 17.4. The van der Waals surface area contributed by atoms with Gasteiger partial charge in [0.2, 0.25) is 0 Å². The number of pyridine rings is 1. The van der Waals surface area contributed by atoms with Gasteiger partial charge in [-0.1, -0.05) is 30.3 Å². The van der Waals surface area contributed by atoms with Crippen molar-refractivity contribution in [3.63, 3.8) is 0 Å². The molecular weight excluding hydrogens is 386 g/mol. The van der Waals surface area contributed by atoms with Crippen molar-refractivity contribution in [1.82, 2.24) is 4.98 Å². The lowest BCUT2D eigenvalue weighted by Gasteiger charge is -2.08. The average Bonchev–Trinajstić information content (AvgIpc) is 2.77. The molecule has 0 N–H and O–H groups in total. The predicted molar refractivity (Wildman–Crippen MR) is 111 cm³/mol. The monoisotopic (exact) mass is 417 g/mol. The highest BCUT2D eigenvalue weighted by Crippen LogP contribution is 2.07. The summed E-state index contributed by atoms with van der Waals surface area (Å²) >= 11 is 0. The molecule has 0 atom stereocenters. The summed E-state index contributed by atoms with van der Waals surface area (Å²) in [6.07, 6.45) is 0. The fraction of sp³-hybridized carbons (Fsp3) is 0.522. The van der Waals surface area contributed by atoms with E-state index in [1.165, 1.54) is 0 Å². The fourth-order valence-electron chi connectivity index (χ4n) is 2.83. The molecule has 0 unspecified atom stereocenters. The van der Waals surface area contributed by atoms with E-state index < -0.39 is 0 Å². The maximum absolute atomic E-state index is 5.66. The van der Waals surface area contributed by atoms with E-state index in [-0.39, 0.29) is 0 Å². The molecule has 0 saturated heterocycles. The molecule has 0 aliphatic carbocycles. The normalized spacial score (nSPS) is 18.9. The van der Waals surface area contributed by atoms with Crippen molar-refractivity contribution in [2.75, 3.05) is 52.9 Å². The Bertz CT molecular complexity index is 653. The number of hydrogen-bond donors (Lipinski definition) is 0. The van der Waals surface area contributed by atoms with E-state index >= 15 is 0 Å². The van der Waals surface area contributed by atoms with Crippen LogP contribution in [0, 0.1) is 0 Å². The third-order valence-electron chi connectivity index (χ3n) is 4.41. The second-order valence-corrected chi connectivity index (χ2v) is 6.87. The Kier molecular flexibility index (Phi) is 10.8. The number of aromatic nitrogens is 1. The van der Waals surface area contributed by atoms with E-state index in [4.69, 9.17) is 28.4 Å². The summed E-state index contributed by atoms with van der Waals surface area (Å²) in [5.41, 5.74) is 4.02.